The van der Waals surface area contributed by atoms with Crippen LogP contribution in [0.1, 0.15) is 54.0 Å². The first kappa shape index (κ1) is 18.9. The topological polar surface area (TPSA) is 22.1 Å². The van der Waals surface area contributed by atoms with Gasteiger partial charge in [-0.3, -0.25) is 4.98 Å². The van der Waals surface area contributed by atoms with Crippen LogP contribution < -0.4 is 4.74 Å². The molecule has 1 aromatic heterocycles. The Morgan fingerprint density at radius 1 is 0.871 bits per heavy atom. The second-order valence-corrected chi connectivity index (χ2v) is 11.3. The van der Waals surface area contributed by atoms with Gasteiger partial charge in [0.1, 0.15) is 11.5 Å². The molecule has 31 heavy (non-hydrogen) atoms. The Bertz CT molecular complexity index is 1370. The summed E-state index contributed by atoms with van der Waals surface area (Å²) in [4.78, 5) is 4.71. The predicted octanol–water partition coefficient (Wildman–Crippen LogP) is 8.34. The fraction of sp³-hybridized carbons (Fsp3) is 0.345. The summed E-state index contributed by atoms with van der Waals surface area (Å²) >= 11 is 0. The van der Waals surface area contributed by atoms with Crippen LogP contribution in [0.3, 0.4) is 0 Å². The number of nitrogens with zero attached hydrogens (tertiary/aromatic N) is 1. The van der Waals surface area contributed by atoms with Gasteiger partial charge in [-0.1, -0.05) is 71.9 Å². The largest absolute Gasteiger partial charge is 0.456 e. The molecule has 0 saturated carbocycles. The van der Waals surface area contributed by atoms with Crippen molar-refractivity contribution in [1.82, 2.24) is 4.98 Å². The Hall–Kier alpha value is -2.87. The minimum Gasteiger partial charge on any atom is -0.456 e. The number of fused-ring (bicyclic) bond motifs is 3. The number of pyridine rings is 1. The monoisotopic (exact) mass is 410 g/mol. The molecule has 0 aliphatic carbocycles. The van der Waals surface area contributed by atoms with Gasteiger partial charge in [0.2, 0.25) is 0 Å². The van der Waals surface area contributed by atoms with E-state index in [4.69, 9.17) is 11.1 Å². The highest BCUT2D eigenvalue weighted by Gasteiger charge is 2.28. The van der Waals surface area contributed by atoms with Gasteiger partial charge < -0.3 is 4.74 Å². The fourth-order valence-corrected chi connectivity index (χ4v) is 4.79. The Morgan fingerprint density at radius 2 is 1.61 bits per heavy atom. The van der Waals surface area contributed by atoms with E-state index in [9.17, 15) is 0 Å². The quantitative estimate of drug-likeness (QED) is 0.292. The van der Waals surface area contributed by atoms with E-state index in [0.717, 1.165) is 46.4 Å². The zero-order chi connectivity index (χ0) is 22.8. The number of hydrogen-bond acceptors (Lipinski definition) is 2. The Kier molecular flexibility index (Phi) is 4.15. The summed E-state index contributed by atoms with van der Waals surface area (Å²) in [5.74, 6) is 1.76. The van der Waals surface area contributed by atoms with Crippen molar-refractivity contribution in [2.75, 3.05) is 0 Å². The van der Waals surface area contributed by atoms with Gasteiger partial charge in [-0.05, 0) is 63.6 Å². The first-order chi connectivity index (χ1) is 15.0. The van der Waals surface area contributed by atoms with Crippen molar-refractivity contribution in [1.29, 1.82) is 0 Å². The maximum absolute atomic E-state index is 8.42. The molecule has 0 saturated heterocycles. The van der Waals surface area contributed by atoms with Gasteiger partial charge >= 0.3 is 0 Å². The molecule has 158 valence electrons. The van der Waals surface area contributed by atoms with Crippen LogP contribution in [0.5, 0.6) is 11.5 Å². The van der Waals surface area contributed by atoms with E-state index >= 15 is 0 Å². The summed E-state index contributed by atoms with van der Waals surface area (Å²) in [5, 5.41) is 4.47. The highest BCUT2D eigenvalue weighted by atomic mass is 16.5. The van der Waals surface area contributed by atoms with E-state index in [-0.39, 0.29) is 10.8 Å². The molecule has 1 aliphatic rings. The van der Waals surface area contributed by atoms with E-state index in [1.165, 1.54) is 21.9 Å². The molecule has 3 aromatic carbocycles. The van der Waals surface area contributed by atoms with Crippen LogP contribution in [0, 0.1) is 10.8 Å². The van der Waals surface area contributed by atoms with Gasteiger partial charge in [-0.15, -0.1) is 0 Å². The van der Waals surface area contributed by atoms with Crippen LogP contribution in [0.25, 0.3) is 32.8 Å². The third-order valence-corrected chi connectivity index (χ3v) is 5.84. The van der Waals surface area contributed by atoms with Crippen molar-refractivity contribution in [2.24, 2.45) is 10.8 Å². The van der Waals surface area contributed by atoms with E-state index in [2.05, 4.69) is 84.0 Å². The van der Waals surface area contributed by atoms with Crippen LogP contribution in [-0.4, -0.2) is 4.98 Å². The van der Waals surface area contributed by atoms with Crippen LogP contribution in [-0.2, 0) is 12.8 Å². The van der Waals surface area contributed by atoms with Crippen LogP contribution in [0.4, 0.5) is 0 Å². The van der Waals surface area contributed by atoms with Crippen molar-refractivity contribution in [3.8, 4) is 22.8 Å². The first-order valence-electron chi connectivity index (χ1n) is 11.7. The molecule has 1 aliphatic heterocycles. The molecular weight excluding hydrogens is 378 g/mol. The van der Waals surface area contributed by atoms with Crippen LogP contribution >= 0.6 is 0 Å². The minimum absolute atomic E-state index is 0.107. The molecule has 2 heteroatoms. The van der Waals surface area contributed by atoms with Crippen molar-refractivity contribution < 1.29 is 6.11 Å². The molecule has 0 amide bonds. The second-order valence-electron chi connectivity index (χ2n) is 11.3. The summed E-state index contributed by atoms with van der Waals surface area (Å²) in [6, 6.07) is 17.0. The lowest BCUT2D eigenvalue weighted by Crippen LogP contribution is -2.13. The first-order valence-corrected chi connectivity index (χ1v) is 11.2. The van der Waals surface area contributed by atoms with Crippen molar-refractivity contribution >= 4 is 21.5 Å². The van der Waals surface area contributed by atoms with E-state index in [0.29, 0.717) is 6.17 Å². The molecule has 0 unspecified atom stereocenters. The molecule has 0 fully saturated rings. The van der Waals surface area contributed by atoms with Gasteiger partial charge in [0.25, 0.3) is 0 Å². The summed E-state index contributed by atoms with van der Waals surface area (Å²) in [6.45, 7) is 13.5. The van der Waals surface area contributed by atoms with Crippen LogP contribution in [0.2, 0.25) is 0 Å². The molecular formula is C29H31NO. The van der Waals surface area contributed by atoms with E-state index < -0.39 is 0 Å². The van der Waals surface area contributed by atoms with Gasteiger partial charge in [-0.25, -0.2) is 0 Å². The predicted molar refractivity (Wildman–Crippen MR) is 131 cm³/mol. The van der Waals surface area contributed by atoms with Gasteiger partial charge in [0.05, 0.1) is 12.5 Å². The summed E-state index contributed by atoms with van der Waals surface area (Å²) < 4.78 is 15.1. The number of benzene rings is 3. The standard InChI is InChI=1S/C29H31NO/c1-28(2,3)16-18-13-20-11-12-30-26-22-15-19-9-7-8-10-21(19)23(17-29(4,5)6)27(22)31-24(14-18)25(20)26/h7-15H,16-17H2,1-6H3/i12D. The molecule has 5 rings (SSSR count). The van der Waals surface area contributed by atoms with E-state index in [1.807, 2.05) is 6.07 Å². The van der Waals surface area contributed by atoms with Gasteiger partial charge in [0.15, 0.2) is 0 Å². The molecule has 2 nitrogen and oxygen atoms in total. The van der Waals surface area contributed by atoms with Crippen molar-refractivity contribution in [3.05, 3.63) is 65.8 Å². The number of ether oxygens (including phenoxy) is 1. The van der Waals surface area contributed by atoms with E-state index in [1.54, 1.807) is 0 Å². The molecule has 2 heterocycles. The fourth-order valence-electron chi connectivity index (χ4n) is 4.79. The highest BCUT2D eigenvalue weighted by Crippen LogP contribution is 2.50. The molecule has 0 spiro atoms. The zero-order valence-electron chi connectivity index (χ0n) is 20.4. The van der Waals surface area contributed by atoms with Crippen molar-refractivity contribution in [3.63, 3.8) is 0 Å². The summed E-state index contributed by atoms with van der Waals surface area (Å²) in [6.07, 6.45) is 2.14. The SMILES string of the molecule is [2H]c1cc2cc(CC(C)(C)C)cc3c2c(n1)-c1cc2ccccc2c(CC(C)(C)C)c1O3. The Morgan fingerprint density at radius 3 is 2.35 bits per heavy atom. The maximum atomic E-state index is 8.42. The molecule has 4 aromatic rings. The minimum atomic E-state index is 0.107. The molecule has 0 atom stereocenters. The highest BCUT2D eigenvalue weighted by molar-refractivity contribution is 6.06. The zero-order valence-corrected chi connectivity index (χ0v) is 19.4. The second kappa shape index (κ2) is 6.82. The smallest absolute Gasteiger partial charge is 0.140 e. The molecule has 0 radical (unpaired) electrons. The summed E-state index contributed by atoms with van der Waals surface area (Å²) in [5.41, 5.74) is 4.60. The Labute approximate surface area is 186 Å². The molecule has 0 bridgehead atoms. The van der Waals surface area contributed by atoms with Crippen molar-refractivity contribution in [2.45, 2.75) is 54.4 Å². The lowest BCUT2D eigenvalue weighted by atomic mass is 9.83. The van der Waals surface area contributed by atoms with Crippen LogP contribution in [0.15, 0.2) is 54.7 Å². The lowest BCUT2D eigenvalue weighted by molar-refractivity contribution is 0.398. The average Bonchev–Trinajstić information content (AvgIpc) is 2.66. The third-order valence-electron chi connectivity index (χ3n) is 5.84. The average molecular weight is 411 g/mol. The number of aromatic nitrogens is 1. The number of hydrogen-bond donors (Lipinski definition) is 0. The Balaban J connectivity index is 1.83. The maximum Gasteiger partial charge on any atom is 0.140 e. The molecule has 0 N–H and O–H groups in total. The normalized spacial score (nSPS) is 13.8. The van der Waals surface area contributed by atoms with Gasteiger partial charge in [-0.2, -0.15) is 0 Å². The summed E-state index contributed by atoms with van der Waals surface area (Å²) in [7, 11) is 0. The third kappa shape index (κ3) is 3.69. The number of rotatable bonds is 2. The lowest BCUT2D eigenvalue weighted by Gasteiger charge is -2.28. The van der Waals surface area contributed by atoms with Gasteiger partial charge in [0, 0.05) is 17.3 Å².